The first-order chi connectivity index (χ1) is 16.9. The summed E-state index contributed by atoms with van der Waals surface area (Å²) in [7, 11) is 0. The van der Waals surface area contributed by atoms with Crippen LogP contribution in [0.15, 0.2) is 78.7 Å². The average molecular weight is 481 g/mol. The Morgan fingerprint density at radius 1 is 0.971 bits per heavy atom. The van der Waals surface area contributed by atoms with Crippen molar-refractivity contribution >= 4 is 23.8 Å². The van der Waals surface area contributed by atoms with Crippen molar-refractivity contribution in [1.82, 2.24) is 10.3 Å². The van der Waals surface area contributed by atoms with E-state index in [0.29, 0.717) is 22.1 Å². The fourth-order valence-electron chi connectivity index (χ4n) is 2.75. The van der Waals surface area contributed by atoms with Gasteiger partial charge in [-0.15, -0.1) is 0 Å². The molecule has 0 aliphatic carbocycles. The SMILES string of the molecule is C=C\C=C/C(=C\C)C(/C=C)=C(/C=C\C)NC(=O)C(=O)c1c[nH]c(=C/C)/c1=C\C.CC.CC.CCC. The van der Waals surface area contributed by atoms with Crippen LogP contribution in [0.5, 0.6) is 0 Å². The van der Waals surface area contributed by atoms with Crippen LogP contribution in [0, 0.1) is 0 Å². The summed E-state index contributed by atoms with van der Waals surface area (Å²) in [6.45, 7) is 27.2. The molecule has 194 valence electrons. The maximum atomic E-state index is 12.7. The van der Waals surface area contributed by atoms with E-state index in [-0.39, 0.29) is 0 Å². The number of aromatic nitrogens is 1. The lowest BCUT2D eigenvalue weighted by Crippen LogP contribution is -2.35. The summed E-state index contributed by atoms with van der Waals surface area (Å²) in [5.74, 6) is -1.31. The Hall–Kier alpha value is -3.40. The normalized spacial score (nSPS) is 12.5. The van der Waals surface area contributed by atoms with E-state index < -0.39 is 11.7 Å². The van der Waals surface area contributed by atoms with Crippen molar-refractivity contribution in [3.05, 3.63) is 94.9 Å². The minimum absolute atomic E-state index is 0.339. The molecule has 0 aliphatic rings. The smallest absolute Gasteiger partial charge is 0.296 e. The molecule has 0 radical (unpaired) electrons. The van der Waals surface area contributed by atoms with E-state index in [1.807, 2.05) is 79.7 Å². The van der Waals surface area contributed by atoms with Crippen LogP contribution >= 0.6 is 0 Å². The Labute approximate surface area is 214 Å². The highest BCUT2D eigenvalue weighted by atomic mass is 16.2. The second-order valence-corrected chi connectivity index (χ2v) is 6.47. The van der Waals surface area contributed by atoms with Crippen molar-refractivity contribution in [2.45, 2.75) is 75.7 Å². The number of ketones is 1. The van der Waals surface area contributed by atoms with E-state index in [0.717, 1.165) is 10.9 Å². The first kappa shape index (κ1) is 36.2. The van der Waals surface area contributed by atoms with Gasteiger partial charge < -0.3 is 10.3 Å². The molecule has 4 nitrogen and oxygen atoms in total. The number of rotatable bonds is 8. The van der Waals surface area contributed by atoms with Crippen molar-refractivity contribution in [3.8, 4) is 0 Å². The molecule has 1 amide bonds. The van der Waals surface area contributed by atoms with E-state index in [1.165, 1.54) is 6.42 Å². The number of hydrogen-bond acceptors (Lipinski definition) is 2. The molecule has 0 fully saturated rings. The summed E-state index contributed by atoms with van der Waals surface area (Å²) in [5, 5.41) is 4.25. The second kappa shape index (κ2) is 23.7. The van der Waals surface area contributed by atoms with Gasteiger partial charge in [0, 0.05) is 28.0 Å². The van der Waals surface area contributed by atoms with Crippen molar-refractivity contribution in [2.75, 3.05) is 0 Å². The Morgan fingerprint density at radius 3 is 1.94 bits per heavy atom. The predicted molar refractivity (Wildman–Crippen MR) is 157 cm³/mol. The summed E-state index contributed by atoms with van der Waals surface area (Å²) in [6, 6.07) is 0. The zero-order valence-corrected chi connectivity index (χ0v) is 23.7. The monoisotopic (exact) mass is 480 g/mol. The number of carbonyl (C=O) groups is 2. The van der Waals surface area contributed by atoms with Crippen LogP contribution in [-0.4, -0.2) is 16.7 Å². The molecule has 0 atom stereocenters. The molecule has 4 heteroatoms. The van der Waals surface area contributed by atoms with Crippen LogP contribution < -0.4 is 15.9 Å². The van der Waals surface area contributed by atoms with Gasteiger partial charge >= 0.3 is 0 Å². The van der Waals surface area contributed by atoms with Gasteiger partial charge in [-0.25, -0.2) is 0 Å². The van der Waals surface area contributed by atoms with Crippen LogP contribution in [-0.2, 0) is 4.79 Å². The minimum Gasteiger partial charge on any atom is -0.361 e. The van der Waals surface area contributed by atoms with Crippen LogP contribution in [0.25, 0.3) is 12.2 Å². The summed E-state index contributed by atoms with van der Waals surface area (Å²) < 4.78 is 0. The Morgan fingerprint density at radius 2 is 1.54 bits per heavy atom. The third kappa shape index (κ3) is 12.6. The largest absolute Gasteiger partial charge is 0.361 e. The van der Waals surface area contributed by atoms with Crippen LogP contribution in [0.4, 0.5) is 0 Å². The summed E-state index contributed by atoms with van der Waals surface area (Å²) in [4.78, 5) is 28.4. The van der Waals surface area contributed by atoms with E-state index in [9.17, 15) is 9.59 Å². The molecule has 1 aromatic rings. The molecule has 0 aromatic carbocycles. The number of allylic oxidation sites excluding steroid dienone is 9. The molecule has 1 aromatic heterocycles. The van der Waals surface area contributed by atoms with Crippen molar-refractivity contribution < 1.29 is 9.59 Å². The highest BCUT2D eigenvalue weighted by Crippen LogP contribution is 2.18. The number of nitrogens with one attached hydrogen (secondary N) is 2. The molecule has 2 N–H and O–H groups in total. The Bertz CT molecular complexity index is 1010. The lowest BCUT2D eigenvalue weighted by atomic mass is 10.0. The maximum Gasteiger partial charge on any atom is 0.296 e. The van der Waals surface area contributed by atoms with Crippen LogP contribution in [0.2, 0.25) is 0 Å². The summed E-state index contributed by atoms with van der Waals surface area (Å²) in [6.07, 6.45) is 18.9. The van der Waals surface area contributed by atoms with E-state index >= 15 is 0 Å². The number of H-pyrrole nitrogens is 1. The zero-order chi connectivity index (χ0) is 27.8. The van der Waals surface area contributed by atoms with Gasteiger partial charge in [-0.3, -0.25) is 9.59 Å². The van der Waals surface area contributed by atoms with Gasteiger partial charge in [0.25, 0.3) is 11.7 Å². The molecule has 0 spiro atoms. The van der Waals surface area contributed by atoms with Crippen LogP contribution in [0.1, 0.15) is 86.0 Å². The number of hydrogen-bond donors (Lipinski definition) is 2. The van der Waals surface area contributed by atoms with Crippen LogP contribution in [0.3, 0.4) is 0 Å². The van der Waals surface area contributed by atoms with Gasteiger partial charge in [0.15, 0.2) is 0 Å². The molecular formula is C31H48N2O2. The van der Waals surface area contributed by atoms with Crippen molar-refractivity contribution in [1.29, 1.82) is 0 Å². The molecule has 1 rings (SSSR count). The third-order valence-corrected chi connectivity index (χ3v) is 4.09. The van der Waals surface area contributed by atoms with Gasteiger partial charge in [0.1, 0.15) is 0 Å². The molecule has 0 aliphatic heterocycles. The van der Waals surface area contributed by atoms with E-state index in [2.05, 4.69) is 37.3 Å². The zero-order valence-electron chi connectivity index (χ0n) is 23.7. The van der Waals surface area contributed by atoms with Gasteiger partial charge in [-0.1, -0.05) is 110 Å². The number of carbonyl (C=O) groups excluding carboxylic acids is 2. The van der Waals surface area contributed by atoms with E-state index in [1.54, 1.807) is 36.6 Å². The molecule has 1 heterocycles. The van der Waals surface area contributed by atoms with Crippen molar-refractivity contribution in [3.63, 3.8) is 0 Å². The molecule has 0 saturated heterocycles. The molecular weight excluding hydrogens is 432 g/mol. The fourth-order valence-corrected chi connectivity index (χ4v) is 2.75. The number of aromatic amines is 1. The lowest BCUT2D eigenvalue weighted by Gasteiger charge is -2.12. The lowest BCUT2D eigenvalue weighted by molar-refractivity contribution is -0.116. The third-order valence-electron chi connectivity index (χ3n) is 4.09. The van der Waals surface area contributed by atoms with Gasteiger partial charge in [0.2, 0.25) is 0 Å². The average Bonchev–Trinajstić information content (AvgIpc) is 3.31. The molecule has 0 saturated carbocycles. The molecule has 0 unspecified atom stereocenters. The van der Waals surface area contributed by atoms with Gasteiger partial charge in [0.05, 0.1) is 5.56 Å². The number of amides is 1. The predicted octanol–water partition coefficient (Wildman–Crippen LogP) is 7.09. The fraction of sp³-hybridized carbons (Fsp3) is 0.355. The minimum atomic E-state index is -0.708. The number of Topliss-reactive ketones (excluding diaryl/α,β-unsaturated/α-hetero) is 1. The highest BCUT2D eigenvalue weighted by molar-refractivity contribution is 6.43. The Balaban J connectivity index is -0.00000132. The van der Waals surface area contributed by atoms with Gasteiger partial charge in [-0.2, -0.15) is 0 Å². The summed E-state index contributed by atoms with van der Waals surface area (Å²) >= 11 is 0. The quantitative estimate of drug-likeness (QED) is 0.237. The highest BCUT2D eigenvalue weighted by Gasteiger charge is 2.20. The molecule has 0 bridgehead atoms. The van der Waals surface area contributed by atoms with Crippen molar-refractivity contribution in [2.24, 2.45) is 0 Å². The van der Waals surface area contributed by atoms with Gasteiger partial charge in [-0.05, 0) is 39.3 Å². The Kier molecular flexibility index (Phi) is 24.5. The maximum absolute atomic E-state index is 12.7. The summed E-state index contributed by atoms with van der Waals surface area (Å²) in [5.41, 5.74) is 2.39. The standard InChI is InChI=1S/C24H28N2O2.C3H8.2C2H6/c1-7-13-15-17(9-3)18(10-4)22(14-8-2)26-24(28)23(27)20-16-25-21(12-6)19(20)11-5;1-3-2;2*1-2/h7-16,25H,1,4H2,2-3,5-6H3,(H,26,28);3H2,1-2H3;2*1-2H3/b14-8-,15-13-,17-9+,19-11-,21-12+,22-18-;;;. The first-order valence-corrected chi connectivity index (χ1v) is 12.5. The topological polar surface area (TPSA) is 62.0 Å². The second-order valence-electron chi connectivity index (χ2n) is 6.47. The first-order valence-electron chi connectivity index (χ1n) is 12.5. The van der Waals surface area contributed by atoms with E-state index in [4.69, 9.17) is 0 Å². The molecule has 35 heavy (non-hydrogen) atoms.